The quantitative estimate of drug-likeness (QED) is 0.697. The molecular formula is C15H23NO3. The average molecular weight is 265 g/mol. The van der Waals surface area contributed by atoms with Crippen LogP contribution in [0.25, 0.3) is 0 Å². The van der Waals surface area contributed by atoms with Crippen LogP contribution >= 0.6 is 0 Å². The molecule has 0 saturated carbocycles. The van der Waals surface area contributed by atoms with E-state index in [-0.39, 0.29) is 6.42 Å². The first kappa shape index (κ1) is 15.5. The van der Waals surface area contributed by atoms with Gasteiger partial charge in [0.15, 0.2) is 0 Å². The van der Waals surface area contributed by atoms with E-state index < -0.39 is 5.97 Å². The fourth-order valence-corrected chi connectivity index (χ4v) is 1.99. The molecule has 106 valence electrons. The Balaban J connectivity index is 2.26. The molecule has 0 amide bonds. The molecule has 0 unspecified atom stereocenters. The predicted octanol–water partition coefficient (Wildman–Crippen LogP) is 2.42. The van der Waals surface area contributed by atoms with Crippen LogP contribution in [0.1, 0.15) is 24.8 Å². The molecule has 0 heterocycles. The Kier molecular flexibility index (Phi) is 6.97. The lowest BCUT2D eigenvalue weighted by Crippen LogP contribution is -2.22. The normalized spacial score (nSPS) is 10.7. The number of nitrogens with zero attached hydrogens (tertiary/aromatic N) is 1. The molecule has 0 atom stereocenters. The van der Waals surface area contributed by atoms with Crippen molar-refractivity contribution in [2.24, 2.45) is 0 Å². The van der Waals surface area contributed by atoms with E-state index in [0.29, 0.717) is 0 Å². The first-order valence-corrected chi connectivity index (χ1v) is 6.65. The number of hydrogen-bond acceptors (Lipinski definition) is 3. The second-order valence-corrected chi connectivity index (χ2v) is 4.72. The maximum atomic E-state index is 10.4. The summed E-state index contributed by atoms with van der Waals surface area (Å²) in [6, 6.07) is 8.04. The van der Waals surface area contributed by atoms with Gasteiger partial charge in [-0.15, -0.1) is 0 Å². The summed E-state index contributed by atoms with van der Waals surface area (Å²) in [4.78, 5) is 12.6. The number of carbonyl (C=O) groups is 1. The van der Waals surface area contributed by atoms with E-state index in [1.165, 1.54) is 5.56 Å². The van der Waals surface area contributed by atoms with Crippen molar-refractivity contribution in [3.8, 4) is 5.75 Å². The van der Waals surface area contributed by atoms with Gasteiger partial charge in [-0.25, -0.2) is 0 Å². The van der Waals surface area contributed by atoms with E-state index in [1.54, 1.807) is 7.11 Å². The molecule has 0 fully saturated rings. The highest BCUT2D eigenvalue weighted by molar-refractivity contribution is 5.66. The molecule has 0 aliphatic rings. The summed E-state index contributed by atoms with van der Waals surface area (Å²) in [6.45, 7) is 1.88. The fraction of sp³-hybridized carbons (Fsp3) is 0.533. The highest BCUT2D eigenvalue weighted by Gasteiger charge is 2.04. The van der Waals surface area contributed by atoms with Crippen LogP contribution in [0.3, 0.4) is 0 Å². The SMILES string of the molecule is COc1ccccc1CCN(C)CCCCC(=O)O. The van der Waals surface area contributed by atoms with Crippen molar-refractivity contribution in [3.63, 3.8) is 0 Å². The maximum absolute atomic E-state index is 10.4. The number of methoxy groups -OCH3 is 1. The van der Waals surface area contributed by atoms with E-state index in [2.05, 4.69) is 18.0 Å². The summed E-state index contributed by atoms with van der Waals surface area (Å²) < 4.78 is 5.32. The van der Waals surface area contributed by atoms with Gasteiger partial charge in [0, 0.05) is 13.0 Å². The monoisotopic (exact) mass is 265 g/mol. The number of likely N-dealkylation sites (N-methyl/N-ethyl adjacent to an activating group) is 1. The van der Waals surface area contributed by atoms with Crippen LogP contribution in [0, 0.1) is 0 Å². The predicted molar refractivity (Wildman–Crippen MR) is 75.7 cm³/mol. The van der Waals surface area contributed by atoms with Crippen LogP contribution in [-0.4, -0.2) is 43.2 Å². The number of unbranched alkanes of at least 4 members (excludes halogenated alkanes) is 1. The summed E-state index contributed by atoms with van der Waals surface area (Å²) in [5, 5.41) is 8.56. The Hall–Kier alpha value is -1.55. The van der Waals surface area contributed by atoms with Crippen molar-refractivity contribution in [1.29, 1.82) is 0 Å². The molecule has 1 aromatic carbocycles. The van der Waals surface area contributed by atoms with Crippen molar-refractivity contribution in [3.05, 3.63) is 29.8 Å². The first-order chi connectivity index (χ1) is 9.13. The van der Waals surface area contributed by atoms with Gasteiger partial charge in [0.1, 0.15) is 5.75 Å². The molecular weight excluding hydrogens is 242 g/mol. The third-order valence-electron chi connectivity index (χ3n) is 3.14. The molecule has 0 radical (unpaired) electrons. The van der Waals surface area contributed by atoms with E-state index in [4.69, 9.17) is 9.84 Å². The van der Waals surface area contributed by atoms with Crippen LogP contribution in [0.4, 0.5) is 0 Å². The highest BCUT2D eigenvalue weighted by atomic mass is 16.5. The summed E-state index contributed by atoms with van der Waals surface area (Å²) >= 11 is 0. The molecule has 4 nitrogen and oxygen atoms in total. The topological polar surface area (TPSA) is 49.8 Å². The van der Waals surface area contributed by atoms with Crippen LogP contribution < -0.4 is 4.74 Å². The molecule has 1 aromatic rings. The Morgan fingerprint density at radius 3 is 2.68 bits per heavy atom. The zero-order chi connectivity index (χ0) is 14.1. The van der Waals surface area contributed by atoms with E-state index >= 15 is 0 Å². The van der Waals surface area contributed by atoms with Gasteiger partial charge in [0.2, 0.25) is 0 Å². The van der Waals surface area contributed by atoms with Crippen molar-refractivity contribution < 1.29 is 14.6 Å². The number of rotatable bonds is 9. The zero-order valence-electron chi connectivity index (χ0n) is 11.8. The Bertz CT molecular complexity index is 393. The average Bonchev–Trinajstić information content (AvgIpc) is 2.41. The third-order valence-corrected chi connectivity index (χ3v) is 3.14. The van der Waals surface area contributed by atoms with Gasteiger partial charge < -0.3 is 14.7 Å². The van der Waals surface area contributed by atoms with Gasteiger partial charge in [-0.05, 0) is 44.5 Å². The largest absolute Gasteiger partial charge is 0.496 e. The van der Waals surface area contributed by atoms with Crippen molar-refractivity contribution in [1.82, 2.24) is 4.90 Å². The lowest BCUT2D eigenvalue weighted by molar-refractivity contribution is -0.137. The number of ether oxygens (including phenoxy) is 1. The van der Waals surface area contributed by atoms with Gasteiger partial charge in [0.25, 0.3) is 0 Å². The zero-order valence-corrected chi connectivity index (χ0v) is 11.8. The Morgan fingerprint density at radius 1 is 1.26 bits per heavy atom. The van der Waals surface area contributed by atoms with Crippen molar-refractivity contribution in [2.45, 2.75) is 25.7 Å². The van der Waals surface area contributed by atoms with Crippen LogP contribution in [0.5, 0.6) is 5.75 Å². The summed E-state index contributed by atoms with van der Waals surface area (Å²) in [7, 11) is 3.75. The third kappa shape index (κ3) is 6.25. The summed E-state index contributed by atoms with van der Waals surface area (Å²) in [6.07, 6.45) is 2.88. The fourth-order valence-electron chi connectivity index (χ4n) is 1.99. The number of benzene rings is 1. The number of aliphatic carboxylic acids is 1. The van der Waals surface area contributed by atoms with Crippen LogP contribution in [0.15, 0.2) is 24.3 Å². The van der Waals surface area contributed by atoms with E-state index in [1.807, 2.05) is 18.2 Å². The molecule has 0 bridgehead atoms. The minimum absolute atomic E-state index is 0.264. The molecule has 4 heteroatoms. The van der Waals surface area contributed by atoms with Gasteiger partial charge in [-0.1, -0.05) is 18.2 Å². The maximum Gasteiger partial charge on any atom is 0.303 e. The number of carboxylic acids is 1. The number of carboxylic acid groups (broad SMARTS) is 1. The minimum Gasteiger partial charge on any atom is -0.496 e. The second-order valence-electron chi connectivity index (χ2n) is 4.72. The second kappa shape index (κ2) is 8.53. The van der Waals surface area contributed by atoms with Crippen LogP contribution in [0.2, 0.25) is 0 Å². The minimum atomic E-state index is -0.711. The van der Waals surface area contributed by atoms with Gasteiger partial charge in [-0.2, -0.15) is 0 Å². The van der Waals surface area contributed by atoms with Crippen molar-refractivity contribution in [2.75, 3.05) is 27.2 Å². The van der Waals surface area contributed by atoms with Crippen molar-refractivity contribution >= 4 is 5.97 Å². The molecule has 1 N–H and O–H groups in total. The molecule has 1 rings (SSSR count). The molecule has 0 aromatic heterocycles. The van der Waals surface area contributed by atoms with Gasteiger partial charge in [-0.3, -0.25) is 4.79 Å². The molecule has 0 saturated heterocycles. The van der Waals surface area contributed by atoms with Gasteiger partial charge in [0.05, 0.1) is 7.11 Å². The molecule has 0 aliphatic carbocycles. The Morgan fingerprint density at radius 2 is 2.00 bits per heavy atom. The molecule has 19 heavy (non-hydrogen) atoms. The molecule has 0 spiro atoms. The standard InChI is InChI=1S/C15H23NO3/c1-16(11-6-5-9-15(17)18)12-10-13-7-3-4-8-14(13)19-2/h3-4,7-8H,5-6,9-12H2,1-2H3,(H,17,18). The first-order valence-electron chi connectivity index (χ1n) is 6.65. The Labute approximate surface area is 115 Å². The lowest BCUT2D eigenvalue weighted by Gasteiger charge is -2.17. The van der Waals surface area contributed by atoms with Crippen LogP contribution in [-0.2, 0) is 11.2 Å². The number of para-hydroxylation sites is 1. The smallest absolute Gasteiger partial charge is 0.303 e. The van der Waals surface area contributed by atoms with E-state index in [9.17, 15) is 4.79 Å². The number of hydrogen-bond donors (Lipinski definition) is 1. The summed E-state index contributed by atoms with van der Waals surface area (Å²) in [5.74, 6) is 0.221. The lowest BCUT2D eigenvalue weighted by atomic mass is 10.1. The molecule has 0 aliphatic heterocycles. The summed E-state index contributed by atoms with van der Waals surface area (Å²) in [5.41, 5.74) is 1.21. The van der Waals surface area contributed by atoms with Gasteiger partial charge >= 0.3 is 5.97 Å². The van der Waals surface area contributed by atoms with E-state index in [0.717, 1.165) is 38.1 Å². The highest BCUT2D eigenvalue weighted by Crippen LogP contribution is 2.17.